The second-order valence-corrected chi connectivity index (χ2v) is 6.05. The molecule has 1 heterocycles. The van der Waals surface area contributed by atoms with E-state index >= 15 is 0 Å². The van der Waals surface area contributed by atoms with E-state index in [9.17, 15) is 9.18 Å². The highest BCUT2D eigenvalue weighted by Gasteiger charge is 2.08. The number of hydrogen-bond donors (Lipinski definition) is 2. The van der Waals surface area contributed by atoms with E-state index in [2.05, 4.69) is 20.6 Å². The van der Waals surface area contributed by atoms with Crippen molar-refractivity contribution in [2.75, 3.05) is 25.6 Å². The summed E-state index contributed by atoms with van der Waals surface area (Å²) in [5.74, 6) is 1.39. The van der Waals surface area contributed by atoms with Gasteiger partial charge in [0.15, 0.2) is 0 Å². The molecule has 0 atom stereocenters. The molecule has 3 rings (SSSR count). The summed E-state index contributed by atoms with van der Waals surface area (Å²) >= 11 is 0. The van der Waals surface area contributed by atoms with Crippen molar-refractivity contribution in [3.63, 3.8) is 0 Å². The second-order valence-electron chi connectivity index (χ2n) is 6.05. The molecule has 0 fully saturated rings. The summed E-state index contributed by atoms with van der Waals surface area (Å²) in [5.41, 5.74) is 0.995. The summed E-state index contributed by atoms with van der Waals surface area (Å²) in [6, 6.07) is 13.2. The molecule has 0 aliphatic carbocycles. The quantitative estimate of drug-likeness (QED) is 0.541. The number of ether oxygens (including phenoxy) is 2. The van der Waals surface area contributed by atoms with Crippen molar-refractivity contribution in [1.29, 1.82) is 0 Å². The molecule has 150 valence electrons. The number of carbonyl (C=O) groups excluding carboxylic acids is 1. The molecule has 0 aliphatic rings. The number of nitrogens with one attached hydrogen (secondary N) is 2. The molecule has 2 N–H and O–H groups in total. The van der Waals surface area contributed by atoms with Gasteiger partial charge >= 0.3 is 0 Å². The highest BCUT2D eigenvalue weighted by molar-refractivity contribution is 5.91. The molecule has 0 saturated heterocycles. The van der Waals surface area contributed by atoms with Gasteiger partial charge in [-0.05, 0) is 42.0 Å². The Morgan fingerprint density at radius 2 is 1.72 bits per heavy atom. The van der Waals surface area contributed by atoms with Crippen LogP contribution in [0.25, 0.3) is 0 Å². The number of nitrogens with zero attached hydrogens (tertiary/aromatic N) is 2. The topological polar surface area (TPSA) is 85.4 Å². The number of carbonyl (C=O) groups is 1. The van der Waals surface area contributed by atoms with Crippen molar-refractivity contribution < 1.29 is 18.7 Å². The smallest absolute Gasteiger partial charge is 0.271 e. The second kappa shape index (κ2) is 10.0. The molecule has 0 unspecified atom stereocenters. The van der Waals surface area contributed by atoms with E-state index in [1.807, 2.05) is 24.3 Å². The minimum Gasteiger partial charge on any atom is -0.497 e. The fourth-order valence-corrected chi connectivity index (χ4v) is 2.43. The van der Waals surface area contributed by atoms with Crippen molar-refractivity contribution in [1.82, 2.24) is 15.3 Å². The zero-order valence-corrected chi connectivity index (χ0v) is 15.9. The van der Waals surface area contributed by atoms with E-state index in [0.717, 1.165) is 17.1 Å². The molecule has 3 aromatic rings. The fraction of sp³-hybridized carbons (Fsp3) is 0.190. The number of methoxy groups -OCH3 is 1. The fourth-order valence-electron chi connectivity index (χ4n) is 2.43. The first-order valence-corrected chi connectivity index (χ1v) is 8.99. The monoisotopic (exact) mass is 396 g/mol. The Bertz CT molecular complexity index is 916. The zero-order chi connectivity index (χ0) is 20.5. The molecule has 0 radical (unpaired) electrons. The number of benzene rings is 2. The predicted octanol–water partition coefficient (Wildman–Crippen LogP) is 3.05. The maximum atomic E-state index is 12.9. The van der Waals surface area contributed by atoms with Gasteiger partial charge in [-0.2, -0.15) is 0 Å². The molecule has 8 heteroatoms. The molecule has 0 aliphatic heterocycles. The van der Waals surface area contributed by atoms with Crippen LogP contribution >= 0.6 is 0 Å². The first-order valence-electron chi connectivity index (χ1n) is 8.99. The van der Waals surface area contributed by atoms with E-state index in [1.165, 1.54) is 24.5 Å². The maximum Gasteiger partial charge on any atom is 0.271 e. The third kappa shape index (κ3) is 6.17. The summed E-state index contributed by atoms with van der Waals surface area (Å²) in [5, 5.41) is 5.80. The summed E-state index contributed by atoms with van der Waals surface area (Å²) < 4.78 is 23.6. The van der Waals surface area contributed by atoms with E-state index in [-0.39, 0.29) is 24.0 Å². The van der Waals surface area contributed by atoms with Gasteiger partial charge in [-0.25, -0.2) is 14.4 Å². The summed E-state index contributed by atoms with van der Waals surface area (Å²) in [7, 11) is 1.61. The first-order chi connectivity index (χ1) is 14.1. The lowest BCUT2D eigenvalue weighted by atomic mass is 10.2. The highest BCUT2D eigenvalue weighted by atomic mass is 19.1. The van der Waals surface area contributed by atoms with Crippen molar-refractivity contribution in [2.45, 2.75) is 6.54 Å². The summed E-state index contributed by atoms with van der Waals surface area (Å²) in [6.45, 7) is 1.24. The Kier molecular flexibility index (Phi) is 6.94. The minimum absolute atomic E-state index is 0.201. The Labute approximate surface area is 167 Å². The average Bonchev–Trinajstić information content (AvgIpc) is 2.77. The molecule has 1 amide bonds. The third-order valence-electron chi connectivity index (χ3n) is 3.99. The van der Waals surface area contributed by atoms with Gasteiger partial charge in [0.1, 0.15) is 35.4 Å². The van der Waals surface area contributed by atoms with Gasteiger partial charge in [0.2, 0.25) is 0 Å². The molecule has 0 spiro atoms. The largest absolute Gasteiger partial charge is 0.497 e. The van der Waals surface area contributed by atoms with Crippen LogP contribution in [0.4, 0.5) is 10.2 Å². The number of halogens is 1. The van der Waals surface area contributed by atoms with E-state index in [0.29, 0.717) is 19.0 Å². The van der Waals surface area contributed by atoms with Crippen LogP contribution in [0.3, 0.4) is 0 Å². The van der Waals surface area contributed by atoms with Gasteiger partial charge in [-0.15, -0.1) is 0 Å². The van der Waals surface area contributed by atoms with Crippen LogP contribution in [0.1, 0.15) is 16.1 Å². The summed E-state index contributed by atoms with van der Waals surface area (Å²) in [4.78, 5) is 20.4. The van der Waals surface area contributed by atoms with E-state index < -0.39 is 0 Å². The zero-order valence-electron chi connectivity index (χ0n) is 15.9. The van der Waals surface area contributed by atoms with Crippen LogP contribution in [0.15, 0.2) is 60.9 Å². The molecular formula is C21H21FN4O3. The molecule has 7 nitrogen and oxygen atoms in total. The maximum absolute atomic E-state index is 12.9. The van der Waals surface area contributed by atoms with Gasteiger partial charge in [0.25, 0.3) is 5.91 Å². The molecule has 0 bridgehead atoms. The van der Waals surface area contributed by atoms with Crippen LogP contribution in [0.5, 0.6) is 11.5 Å². The number of aromatic nitrogens is 2. The van der Waals surface area contributed by atoms with Gasteiger partial charge < -0.3 is 20.1 Å². The Morgan fingerprint density at radius 3 is 2.38 bits per heavy atom. The van der Waals surface area contributed by atoms with Gasteiger partial charge in [0, 0.05) is 6.54 Å². The molecule has 29 heavy (non-hydrogen) atoms. The number of anilines is 1. The number of hydrogen-bond acceptors (Lipinski definition) is 6. The van der Waals surface area contributed by atoms with E-state index in [4.69, 9.17) is 9.47 Å². The van der Waals surface area contributed by atoms with Crippen LogP contribution in [-0.2, 0) is 6.54 Å². The number of amides is 1. The molecular weight excluding hydrogens is 375 g/mol. The summed E-state index contributed by atoms with van der Waals surface area (Å²) in [6.07, 6.45) is 2.88. The van der Waals surface area contributed by atoms with Crippen LogP contribution in [-0.4, -0.2) is 36.1 Å². The first kappa shape index (κ1) is 20.1. The molecule has 0 saturated carbocycles. The lowest BCUT2D eigenvalue weighted by Crippen LogP contribution is -2.24. The van der Waals surface area contributed by atoms with Gasteiger partial charge in [-0.3, -0.25) is 4.79 Å². The highest BCUT2D eigenvalue weighted by Crippen LogP contribution is 2.16. The van der Waals surface area contributed by atoms with Crippen molar-refractivity contribution in [3.8, 4) is 11.5 Å². The predicted molar refractivity (Wildman–Crippen MR) is 107 cm³/mol. The lowest BCUT2D eigenvalue weighted by molar-refractivity contribution is 0.0945. The number of rotatable bonds is 9. The van der Waals surface area contributed by atoms with Crippen molar-refractivity contribution in [3.05, 3.63) is 78.0 Å². The Hall–Kier alpha value is -3.68. The van der Waals surface area contributed by atoms with Crippen LogP contribution in [0.2, 0.25) is 0 Å². The normalized spacial score (nSPS) is 10.3. The van der Waals surface area contributed by atoms with E-state index in [1.54, 1.807) is 19.2 Å². The Morgan fingerprint density at radius 1 is 1.00 bits per heavy atom. The van der Waals surface area contributed by atoms with Crippen molar-refractivity contribution in [2.24, 2.45) is 0 Å². The standard InChI is InChI=1S/C21H21FN4O3/c1-28-17-6-8-18(9-7-17)29-11-10-23-20-14-24-19(13-25-20)21(27)26-12-15-2-4-16(22)5-3-15/h2-9,13-14H,10-12H2,1H3,(H,23,25)(H,26,27). The lowest BCUT2D eigenvalue weighted by Gasteiger charge is -2.09. The third-order valence-corrected chi connectivity index (χ3v) is 3.99. The average molecular weight is 396 g/mol. The molecule has 1 aromatic heterocycles. The minimum atomic E-state index is -0.351. The van der Waals surface area contributed by atoms with Crippen LogP contribution in [0, 0.1) is 5.82 Å². The molecule has 2 aromatic carbocycles. The van der Waals surface area contributed by atoms with Gasteiger partial charge in [0.05, 0.1) is 26.0 Å². The Balaban J connectivity index is 1.40. The van der Waals surface area contributed by atoms with Gasteiger partial charge in [-0.1, -0.05) is 12.1 Å². The SMILES string of the molecule is COc1ccc(OCCNc2cnc(C(=O)NCc3ccc(F)cc3)cn2)cc1. The van der Waals surface area contributed by atoms with Crippen LogP contribution < -0.4 is 20.1 Å². The van der Waals surface area contributed by atoms with Crippen molar-refractivity contribution >= 4 is 11.7 Å².